The van der Waals surface area contributed by atoms with Crippen LogP contribution in [0.3, 0.4) is 0 Å². The number of carbonyl (C=O) groups excluding carboxylic acids is 2. The van der Waals surface area contributed by atoms with E-state index in [-0.39, 0.29) is 17.9 Å². The monoisotopic (exact) mass is 417 g/mol. The average Bonchev–Trinajstić information content (AvgIpc) is 2.72. The first-order chi connectivity index (χ1) is 14.3. The van der Waals surface area contributed by atoms with E-state index in [2.05, 4.69) is 22.3 Å². The first-order valence-electron chi connectivity index (χ1n) is 10.9. The second-order valence-electron chi connectivity index (χ2n) is 9.12. The molecule has 1 aromatic rings. The first-order valence-corrected chi connectivity index (χ1v) is 10.9. The van der Waals surface area contributed by atoms with Crippen molar-refractivity contribution in [1.82, 2.24) is 15.1 Å². The predicted octanol–water partition coefficient (Wildman–Crippen LogP) is 2.78. The lowest BCUT2D eigenvalue weighted by Crippen LogP contribution is -2.44. The van der Waals surface area contributed by atoms with Crippen LogP contribution in [0, 0.1) is 5.92 Å². The minimum atomic E-state index is -0.500. The number of nitrogens with one attached hydrogen (secondary N) is 1. The number of ether oxygens (including phenoxy) is 2. The zero-order chi connectivity index (χ0) is 21.6. The summed E-state index contributed by atoms with van der Waals surface area (Å²) < 4.78 is 10.9. The molecule has 166 valence electrons. The summed E-state index contributed by atoms with van der Waals surface area (Å²) in [6.07, 6.45) is 1.04. The van der Waals surface area contributed by atoms with Gasteiger partial charge in [-0.2, -0.15) is 0 Å². The lowest BCUT2D eigenvalue weighted by atomic mass is 9.96. The van der Waals surface area contributed by atoms with Crippen molar-refractivity contribution in [2.75, 3.05) is 39.4 Å². The highest BCUT2D eigenvalue weighted by molar-refractivity contribution is 5.79. The molecule has 1 N–H and O–H groups in total. The van der Waals surface area contributed by atoms with E-state index < -0.39 is 5.60 Å². The van der Waals surface area contributed by atoms with Crippen molar-refractivity contribution in [3.8, 4) is 0 Å². The number of nitrogens with zero attached hydrogens (tertiary/aromatic N) is 2. The Morgan fingerprint density at radius 2 is 1.70 bits per heavy atom. The van der Waals surface area contributed by atoms with Gasteiger partial charge in [0.2, 0.25) is 5.91 Å². The second kappa shape index (κ2) is 10.3. The van der Waals surface area contributed by atoms with Gasteiger partial charge in [-0.05, 0) is 44.7 Å². The fraction of sp³-hybridized carbons (Fsp3) is 0.652. The van der Waals surface area contributed by atoms with Gasteiger partial charge in [-0.1, -0.05) is 24.3 Å². The number of benzene rings is 1. The van der Waals surface area contributed by atoms with Crippen LogP contribution in [0.2, 0.25) is 0 Å². The number of morpholine rings is 1. The van der Waals surface area contributed by atoms with Gasteiger partial charge >= 0.3 is 6.09 Å². The van der Waals surface area contributed by atoms with E-state index in [1.165, 1.54) is 5.56 Å². The minimum Gasteiger partial charge on any atom is -0.444 e. The lowest BCUT2D eigenvalue weighted by Gasteiger charge is -2.33. The molecule has 2 heterocycles. The van der Waals surface area contributed by atoms with Crippen LogP contribution in [0.4, 0.5) is 4.79 Å². The molecule has 0 aliphatic carbocycles. The molecule has 0 unspecified atom stereocenters. The molecule has 0 saturated carbocycles. The Hall–Kier alpha value is -2.12. The molecule has 30 heavy (non-hydrogen) atoms. The van der Waals surface area contributed by atoms with Crippen LogP contribution in [0.1, 0.15) is 44.7 Å². The van der Waals surface area contributed by atoms with Crippen LogP contribution in [0.25, 0.3) is 0 Å². The number of carbonyl (C=O) groups is 2. The van der Waals surface area contributed by atoms with Gasteiger partial charge in [0, 0.05) is 45.2 Å². The Kier molecular flexibility index (Phi) is 7.72. The fourth-order valence-electron chi connectivity index (χ4n) is 3.86. The van der Waals surface area contributed by atoms with Gasteiger partial charge in [0.05, 0.1) is 13.2 Å². The van der Waals surface area contributed by atoms with Gasteiger partial charge in [-0.25, -0.2) is 4.79 Å². The number of likely N-dealkylation sites (tertiary alicyclic amines) is 1. The van der Waals surface area contributed by atoms with E-state index in [1.807, 2.05) is 32.9 Å². The van der Waals surface area contributed by atoms with Gasteiger partial charge in [0.25, 0.3) is 0 Å². The zero-order valence-electron chi connectivity index (χ0n) is 18.5. The van der Waals surface area contributed by atoms with Crippen LogP contribution in [-0.2, 0) is 27.4 Å². The maximum Gasteiger partial charge on any atom is 0.410 e. The largest absolute Gasteiger partial charge is 0.444 e. The van der Waals surface area contributed by atoms with Crippen molar-refractivity contribution in [1.29, 1.82) is 0 Å². The van der Waals surface area contributed by atoms with Crippen molar-refractivity contribution in [2.24, 2.45) is 5.92 Å². The average molecular weight is 418 g/mol. The van der Waals surface area contributed by atoms with Gasteiger partial charge in [-0.3, -0.25) is 9.69 Å². The fourth-order valence-corrected chi connectivity index (χ4v) is 3.86. The Morgan fingerprint density at radius 3 is 2.33 bits per heavy atom. The number of hydrogen-bond acceptors (Lipinski definition) is 5. The maximum atomic E-state index is 12.7. The van der Waals surface area contributed by atoms with Crippen LogP contribution < -0.4 is 5.32 Å². The van der Waals surface area contributed by atoms with E-state index in [0.29, 0.717) is 32.5 Å². The molecule has 0 radical (unpaired) electrons. The molecule has 7 nitrogen and oxygen atoms in total. The third kappa shape index (κ3) is 6.71. The summed E-state index contributed by atoms with van der Waals surface area (Å²) in [4.78, 5) is 29.0. The summed E-state index contributed by atoms with van der Waals surface area (Å²) >= 11 is 0. The van der Waals surface area contributed by atoms with Gasteiger partial charge in [0.15, 0.2) is 0 Å². The van der Waals surface area contributed by atoms with E-state index >= 15 is 0 Å². The molecule has 0 spiro atoms. The number of piperidine rings is 1. The highest BCUT2D eigenvalue weighted by Gasteiger charge is 2.29. The van der Waals surface area contributed by atoms with E-state index in [9.17, 15) is 9.59 Å². The van der Waals surface area contributed by atoms with Crippen LogP contribution >= 0.6 is 0 Å². The summed E-state index contributed by atoms with van der Waals surface area (Å²) in [7, 11) is 0. The number of rotatable bonds is 5. The summed E-state index contributed by atoms with van der Waals surface area (Å²) in [6, 6.07) is 8.29. The molecule has 1 aromatic carbocycles. The molecule has 2 aliphatic rings. The molecule has 2 fully saturated rings. The minimum absolute atomic E-state index is 0.0601. The molecule has 2 aliphatic heterocycles. The normalized spacial score (nSPS) is 18.8. The molecular formula is C23H35N3O4. The van der Waals surface area contributed by atoms with E-state index in [0.717, 1.165) is 38.4 Å². The van der Waals surface area contributed by atoms with Gasteiger partial charge < -0.3 is 19.7 Å². The van der Waals surface area contributed by atoms with Crippen molar-refractivity contribution >= 4 is 12.0 Å². The SMILES string of the molecule is CC(C)(C)OC(=O)N1CCC(C(=O)NCc2ccccc2CN2CCOCC2)CC1. The van der Waals surface area contributed by atoms with Crippen molar-refractivity contribution in [3.05, 3.63) is 35.4 Å². The summed E-state index contributed by atoms with van der Waals surface area (Å²) in [5.74, 6) is 0.00936. The Morgan fingerprint density at radius 1 is 1.07 bits per heavy atom. The van der Waals surface area contributed by atoms with Gasteiger partial charge in [0.1, 0.15) is 5.60 Å². The van der Waals surface area contributed by atoms with E-state index in [4.69, 9.17) is 9.47 Å². The van der Waals surface area contributed by atoms with Gasteiger partial charge in [-0.15, -0.1) is 0 Å². The Labute approximate surface area is 179 Å². The standard InChI is InChI=1S/C23H35N3O4/c1-23(2,3)30-22(28)26-10-8-18(9-11-26)21(27)24-16-19-6-4-5-7-20(19)17-25-12-14-29-15-13-25/h4-7,18H,8-17H2,1-3H3,(H,24,27). The van der Waals surface area contributed by atoms with Crippen LogP contribution in [0.5, 0.6) is 0 Å². The Bertz CT molecular complexity index is 717. The van der Waals surface area contributed by atoms with Crippen molar-refractivity contribution in [2.45, 2.75) is 52.3 Å². The first kappa shape index (κ1) is 22.6. The summed E-state index contributed by atoms with van der Waals surface area (Å²) in [5.41, 5.74) is 1.91. The smallest absolute Gasteiger partial charge is 0.410 e. The topological polar surface area (TPSA) is 71.1 Å². The van der Waals surface area contributed by atoms with Crippen molar-refractivity contribution in [3.63, 3.8) is 0 Å². The molecule has 2 amide bonds. The molecule has 3 rings (SSSR count). The third-order valence-electron chi connectivity index (χ3n) is 5.59. The molecule has 0 aromatic heterocycles. The highest BCUT2D eigenvalue weighted by atomic mass is 16.6. The Balaban J connectivity index is 1.47. The van der Waals surface area contributed by atoms with E-state index in [1.54, 1.807) is 4.90 Å². The highest BCUT2D eigenvalue weighted by Crippen LogP contribution is 2.20. The summed E-state index contributed by atoms with van der Waals surface area (Å²) in [6.45, 7) is 11.6. The van der Waals surface area contributed by atoms with Crippen LogP contribution in [0.15, 0.2) is 24.3 Å². The quantitative estimate of drug-likeness (QED) is 0.798. The maximum absolute atomic E-state index is 12.7. The van der Waals surface area contributed by atoms with Crippen LogP contribution in [-0.4, -0.2) is 66.8 Å². The lowest BCUT2D eigenvalue weighted by molar-refractivity contribution is -0.126. The molecule has 2 saturated heterocycles. The van der Waals surface area contributed by atoms with Crippen molar-refractivity contribution < 1.29 is 19.1 Å². The predicted molar refractivity (Wildman–Crippen MR) is 115 cm³/mol. The molecule has 7 heteroatoms. The second-order valence-corrected chi connectivity index (χ2v) is 9.12. The zero-order valence-corrected chi connectivity index (χ0v) is 18.5. The molecule has 0 bridgehead atoms. The number of hydrogen-bond donors (Lipinski definition) is 1. The molecule has 0 atom stereocenters. The molecular weight excluding hydrogens is 382 g/mol. The summed E-state index contributed by atoms with van der Waals surface area (Å²) in [5, 5.41) is 3.11. The third-order valence-corrected chi connectivity index (χ3v) is 5.59. The number of amides is 2.